The summed E-state index contributed by atoms with van der Waals surface area (Å²) in [5.74, 6) is -4.91. The Kier molecular flexibility index (Phi) is 18.4. The van der Waals surface area contributed by atoms with Crippen molar-refractivity contribution in [3.63, 3.8) is 0 Å². The third kappa shape index (κ3) is 13.7. The number of carboxylic acid groups (broad SMARTS) is 1. The molecule has 0 bridgehead atoms. The SMILES string of the molecule is CCCCCCCC(=O)CCCCCCC=C[C@H](C(=O)N[C@@H](Cc1ccc(-c2ccccc2F)cc1)C(N)=O)[C@@](O)(CCOC)C(=O)O. The average molecular weight is 669 g/mol. The average Bonchev–Trinajstić information content (AvgIpc) is 3.06. The van der Waals surface area contributed by atoms with Crippen molar-refractivity contribution in [2.45, 2.75) is 108 Å². The monoisotopic (exact) mass is 668 g/mol. The van der Waals surface area contributed by atoms with Gasteiger partial charge in [0.15, 0.2) is 5.60 Å². The quantitative estimate of drug-likeness (QED) is 0.0715. The highest BCUT2D eigenvalue weighted by molar-refractivity contribution is 5.93. The molecule has 0 fully saturated rings. The first kappa shape index (κ1) is 40.3. The molecule has 48 heavy (non-hydrogen) atoms. The third-order valence-electron chi connectivity index (χ3n) is 8.56. The van der Waals surface area contributed by atoms with Gasteiger partial charge in [-0.25, -0.2) is 9.18 Å². The van der Waals surface area contributed by atoms with Crippen molar-refractivity contribution in [1.29, 1.82) is 0 Å². The lowest BCUT2D eigenvalue weighted by atomic mass is 9.83. The molecule has 10 heteroatoms. The highest BCUT2D eigenvalue weighted by Crippen LogP contribution is 2.26. The maximum atomic E-state index is 14.2. The minimum Gasteiger partial charge on any atom is -0.479 e. The highest BCUT2D eigenvalue weighted by Gasteiger charge is 2.47. The van der Waals surface area contributed by atoms with Crippen molar-refractivity contribution < 1.29 is 38.5 Å². The first-order valence-corrected chi connectivity index (χ1v) is 17.1. The van der Waals surface area contributed by atoms with Crippen LogP contribution in [0.1, 0.15) is 96.0 Å². The Hall–Kier alpha value is -3.89. The normalized spacial score (nSPS) is 13.9. The summed E-state index contributed by atoms with van der Waals surface area (Å²) in [6.45, 7) is 2.04. The summed E-state index contributed by atoms with van der Waals surface area (Å²) in [4.78, 5) is 50.3. The number of carbonyl (C=O) groups excluding carboxylic acids is 3. The van der Waals surface area contributed by atoms with Crippen molar-refractivity contribution in [3.05, 3.63) is 72.1 Å². The van der Waals surface area contributed by atoms with Crippen LogP contribution >= 0.6 is 0 Å². The molecule has 2 aromatic rings. The molecule has 0 aliphatic carbocycles. The van der Waals surface area contributed by atoms with Gasteiger partial charge in [-0.15, -0.1) is 0 Å². The van der Waals surface area contributed by atoms with E-state index in [1.54, 1.807) is 48.5 Å². The minimum absolute atomic E-state index is 0.00000937. The van der Waals surface area contributed by atoms with Gasteiger partial charge in [-0.2, -0.15) is 0 Å². The fraction of sp³-hybridized carbons (Fsp3) is 0.526. The molecule has 5 N–H and O–H groups in total. The van der Waals surface area contributed by atoms with Gasteiger partial charge in [-0.3, -0.25) is 14.4 Å². The standard InChI is InChI=1S/C38H53FN2O7/c1-3-4-5-8-11-16-30(42)17-12-9-6-7-10-13-19-32(38(47,37(45)46)25-26-48-2)36(44)41-34(35(40)43)27-28-21-23-29(24-22-28)31-18-14-15-20-33(31)39/h13-15,18-24,32,34,47H,3-12,16-17,25-27H2,1-2H3,(H2,40,43)(H,41,44)(H,45,46)/t32-,34+,38+/m1/s1. The fourth-order valence-corrected chi connectivity index (χ4v) is 5.57. The van der Waals surface area contributed by atoms with Gasteiger partial charge in [0, 0.05) is 45.0 Å². The molecule has 0 aliphatic rings. The van der Waals surface area contributed by atoms with E-state index >= 15 is 0 Å². The van der Waals surface area contributed by atoms with E-state index in [2.05, 4.69) is 12.2 Å². The molecule has 264 valence electrons. The van der Waals surface area contributed by atoms with Crippen molar-refractivity contribution in [1.82, 2.24) is 5.32 Å². The van der Waals surface area contributed by atoms with Gasteiger partial charge >= 0.3 is 5.97 Å². The number of nitrogens with one attached hydrogen (secondary N) is 1. The Morgan fingerprint density at radius 1 is 0.938 bits per heavy atom. The molecule has 2 amide bonds. The van der Waals surface area contributed by atoms with Crippen molar-refractivity contribution in [2.75, 3.05) is 13.7 Å². The molecule has 0 radical (unpaired) electrons. The Labute approximate surface area is 284 Å². The number of rotatable bonds is 25. The summed E-state index contributed by atoms with van der Waals surface area (Å²) >= 11 is 0. The van der Waals surface area contributed by atoms with Gasteiger partial charge in [0.25, 0.3) is 0 Å². The van der Waals surface area contributed by atoms with E-state index in [-0.39, 0.29) is 25.3 Å². The molecule has 0 spiro atoms. The Bertz CT molecular complexity index is 1330. The van der Waals surface area contributed by atoms with E-state index in [1.807, 2.05) is 0 Å². The van der Waals surface area contributed by atoms with Crippen LogP contribution in [0, 0.1) is 11.7 Å². The number of hydrogen-bond donors (Lipinski definition) is 4. The molecular formula is C38H53FN2O7. The molecule has 9 nitrogen and oxygen atoms in total. The summed E-state index contributed by atoms with van der Waals surface area (Å²) in [7, 11) is 1.36. The van der Waals surface area contributed by atoms with Crippen LogP contribution in [0.4, 0.5) is 4.39 Å². The van der Waals surface area contributed by atoms with Gasteiger partial charge in [0.1, 0.15) is 17.6 Å². The lowest BCUT2D eigenvalue weighted by Crippen LogP contribution is -2.55. The van der Waals surface area contributed by atoms with E-state index in [1.165, 1.54) is 38.5 Å². The van der Waals surface area contributed by atoms with Crippen LogP contribution in [0.5, 0.6) is 0 Å². The number of allylic oxidation sites excluding steroid dienone is 1. The predicted molar refractivity (Wildman–Crippen MR) is 184 cm³/mol. The van der Waals surface area contributed by atoms with Crippen molar-refractivity contribution >= 4 is 23.6 Å². The number of aliphatic hydroxyl groups is 1. The van der Waals surface area contributed by atoms with Gasteiger partial charge in [0.05, 0.1) is 5.92 Å². The number of amides is 2. The Morgan fingerprint density at radius 3 is 2.15 bits per heavy atom. The molecule has 2 rings (SSSR count). The number of carboxylic acids is 1. The second-order valence-electron chi connectivity index (χ2n) is 12.4. The van der Waals surface area contributed by atoms with Gasteiger partial charge in [0.2, 0.25) is 11.8 Å². The topological polar surface area (TPSA) is 156 Å². The summed E-state index contributed by atoms with van der Waals surface area (Å²) in [6, 6.07) is 11.9. The number of Topliss-reactive ketones (excluding diaryl/α,β-unsaturated/α-hetero) is 1. The third-order valence-corrected chi connectivity index (χ3v) is 8.56. The van der Waals surface area contributed by atoms with Gasteiger partial charge in [-0.05, 0) is 42.9 Å². The number of methoxy groups -OCH3 is 1. The highest BCUT2D eigenvalue weighted by atomic mass is 19.1. The zero-order valence-corrected chi connectivity index (χ0v) is 28.4. The van der Waals surface area contributed by atoms with E-state index in [4.69, 9.17) is 10.5 Å². The molecule has 0 heterocycles. The number of nitrogens with two attached hydrogens (primary N) is 1. The number of unbranched alkanes of at least 4 members (excludes halogenated alkanes) is 8. The van der Waals surface area contributed by atoms with E-state index in [0.717, 1.165) is 38.5 Å². The smallest absolute Gasteiger partial charge is 0.336 e. The second-order valence-corrected chi connectivity index (χ2v) is 12.4. The fourth-order valence-electron chi connectivity index (χ4n) is 5.57. The molecular weight excluding hydrogens is 615 g/mol. The number of carbonyl (C=O) groups is 4. The molecule has 0 unspecified atom stereocenters. The predicted octanol–water partition coefficient (Wildman–Crippen LogP) is 6.30. The lowest BCUT2D eigenvalue weighted by Gasteiger charge is -2.30. The van der Waals surface area contributed by atoms with Crippen LogP contribution in [0.2, 0.25) is 0 Å². The first-order valence-electron chi connectivity index (χ1n) is 17.1. The lowest BCUT2D eigenvalue weighted by molar-refractivity contribution is -0.168. The molecule has 2 aromatic carbocycles. The van der Waals surface area contributed by atoms with E-state index in [0.29, 0.717) is 41.7 Å². The summed E-state index contributed by atoms with van der Waals surface area (Å²) in [5.41, 5.74) is 4.80. The number of ether oxygens (including phenoxy) is 1. The molecule has 0 saturated heterocycles. The maximum Gasteiger partial charge on any atom is 0.336 e. The zero-order valence-electron chi connectivity index (χ0n) is 28.4. The Balaban J connectivity index is 2.02. The number of benzene rings is 2. The largest absolute Gasteiger partial charge is 0.479 e. The summed E-state index contributed by atoms with van der Waals surface area (Å²) < 4.78 is 19.2. The van der Waals surface area contributed by atoms with Crippen LogP contribution in [0.3, 0.4) is 0 Å². The number of halogens is 1. The van der Waals surface area contributed by atoms with E-state index in [9.17, 15) is 33.8 Å². The zero-order chi connectivity index (χ0) is 35.4. The van der Waals surface area contributed by atoms with Gasteiger partial charge in [-0.1, -0.05) is 100 Å². The van der Waals surface area contributed by atoms with Gasteiger partial charge < -0.3 is 26.0 Å². The number of hydrogen-bond acceptors (Lipinski definition) is 6. The summed E-state index contributed by atoms with van der Waals surface area (Å²) in [5, 5.41) is 23.7. The number of primary amides is 1. The van der Waals surface area contributed by atoms with E-state index < -0.39 is 35.3 Å². The van der Waals surface area contributed by atoms with Crippen LogP contribution in [-0.4, -0.2) is 59.1 Å². The minimum atomic E-state index is -2.50. The van der Waals surface area contributed by atoms with Crippen LogP contribution in [0.25, 0.3) is 11.1 Å². The molecule has 0 aromatic heterocycles. The Morgan fingerprint density at radius 2 is 1.56 bits per heavy atom. The number of aliphatic carboxylic acids is 1. The summed E-state index contributed by atoms with van der Waals surface area (Å²) in [6.07, 6.45) is 13.3. The van der Waals surface area contributed by atoms with Crippen LogP contribution in [0.15, 0.2) is 60.7 Å². The number of ketones is 1. The molecule has 3 atom stereocenters. The molecule has 0 aliphatic heterocycles. The van der Waals surface area contributed by atoms with Crippen molar-refractivity contribution in [3.8, 4) is 11.1 Å². The van der Waals surface area contributed by atoms with Crippen LogP contribution in [-0.2, 0) is 30.3 Å². The maximum absolute atomic E-state index is 14.2. The van der Waals surface area contributed by atoms with Crippen LogP contribution < -0.4 is 11.1 Å². The molecule has 0 saturated carbocycles. The first-order chi connectivity index (χ1) is 23.0. The second kappa shape index (κ2) is 21.9. The van der Waals surface area contributed by atoms with Crippen molar-refractivity contribution in [2.24, 2.45) is 11.7 Å².